The zero-order chi connectivity index (χ0) is 19.6. The molecule has 0 unspecified atom stereocenters. The van der Waals surface area contributed by atoms with E-state index in [0.717, 1.165) is 12.1 Å². The van der Waals surface area contributed by atoms with Gasteiger partial charge in [-0.2, -0.15) is 0 Å². The van der Waals surface area contributed by atoms with Crippen molar-refractivity contribution >= 4 is 17.6 Å². The molecule has 0 saturated carbocycles. The monoisotopic (exact) mass is 375 g/mol. The molecule has 6 heteroatoms. The van der Waals surface area contributed by atoms with E-state index >= 15 is 0 Å². The molecule has 1 aromatic carbocycles. The second kappa shape index (κ2) is 10.9. The van der Waals surface area contributed by atoms with Crippen LogP contribution in [0.2, 0.25) is 0 Å². The number of amides is 3. The maximum atomic E-state index is 12.4. The minimum absolute atomic E-state index is 0.00790. The molecule has 1 aliphatic rings. The lowest BCUT2D eigenvalue weighted by Crippen LogP contribution is -2.44. The Morgan fingerprint density at radius 3 is 2.44 bits per heavy atom. The summed E-state index contributed by atoms with van der Waals surface area (Å²) in [5, 5.41) is 5.92. The van der Waals surface area contributed by atoms with Crippen LogP contribution in [0, 0.1) is 5.92 Å². The third kappa shape index (κ3) is 6.86. The number of benzene rings is 1. The quantitative estimate of drug-likeness (QED) is 0.682. The summed E-state index contributed by atoms with van der Waals surface area (Å²) in [5.74, 6) is 0.557. The van der Waals surface area contributed by atoms with Gasteiger partial charge >= 0.3 is 6.03 Å². The Morgan fingerprint density at radius 2 is 1.85 bits per heavy atom. The third-order valence-corrected chi connectivity index (χ3v) is 4.95. The number of ether oxygens (including phenoxy) is 1. The number of hydrogen-bond acceptors (Lipinski definition) is 3. The van der Waals surface area contributed by atoms with Crippen LogP contribution < -0.4 is 10.6 Å². The lowest BCUT2D eigenvalue weighted by molar-refractivity contribution is -0.126. The highest BCUT2D eigenvalue weighted by Crippen LogP contribution is 2.20. The summed E-state index contributed by atoms with van der Waals surface area (Å²) in [6, 6.07) is 7.87. The van der Waals surface area contributed by atoms with E-state index in [4.69, 9.17) is 4.74 Å². The minimum Gasteiger partial charge on any atom is -0.382 e. The van der Waals surface area contributed by atoms with Crippen molar-refractivity contribution in [1.29, 1.82) is 0 Å². The lowest BCUT2D eigenvalue weighted by atomic mass is 9.96. The van der Waals surface area contributed by atoms with Gasteiger partial charge in [0.1, 0.15) is 0 Å². The zero-order valence-electron chi connectivity index (χ0n) is 16.8. The summed E-state index contributed by atoms with van der Waals surface area (Å²) in [6.07, 6.45) is 2.24. The molecule has 1 aromatic rings. The number of anilines is 1. The van der Waals surface area contributed by atoms with Crippen molar-refractivity contribution in [1.82, 2.24) is 10.2 Å². The van der Waals surface area contributed by atoms with Crippen molar-refractivity contribution in [2.75, 3.05) is 38.2 Å². The molecule has 1 heterocycles. The molecule has 150 valence electrons. The van der Waals surface area contributed by atoms with Crippen LogP contribution in [0.4, 0.5) is 10.5 Å². The van der Waals surface area contributed by atoms with Gasteiger partial charge in [0, 0.05) is 44.5 Å². The highest BCUT2D eigenvalue weighted by Gasteiger charge is 2.27. The van der Waals surface area contributed by atoms with Gasteiger partial charge in [0.05, 0.1) is 0 Å². The molecule has 6 nitrogen and oxygen atoms in total. The standard InChI is InChI=1S/C21H33N3O3/c1-4-27-15-5-12-22-20(25)18-10-13-24(14-11-18)21(26)23-19-8-6-17(7-9-19)16(2)3/h6-9,16,18H,4-5,10-15H2,1-3H3,(H,22,25)(H,23,26). The van der Waals surface area contributed by atoms with Gasteiger partial charge in [0.2, 0.25) is 5.91 Å². The van der Waals surface area contributed by atoms with Crippen LogP contribution >= 0.6 is 0 Å². The number of likely N-dealkylation sites (tertiary alicyclic amines) is 1. The van der Waals surface area contributed by atoms with E-state index in [-0.39, 0.29) is 17.9 Å². The second-order valence-corrected chi connectivity index (χ2v) is 7.31. The summed E-state index contributed by atoms with van der Waals surface area (Å²) in [6.45, 7) is 9.48. The molecule has 0 spiro atoms. The normalized spacial score (nSPS) is 15.0. The van der Waals surface area contributed by atoms with Crippen molar-refractivity contribution in [3.05, 3.63) is 29.8 Å². The Kier molecular flexibility index (Phi) is 8.58. The van der Waals surface area contributed by atoms with Crippen molar-refractivity contribution in [3.8, 4) is 0 Å². The first-order chi connectivity index (χ1) is 13.0. The molecule has 0 aliphatic carbocycles. The lowest BCUT2D eigenvalue weighted by Gasteiger charge is -2.31. The number of urea groups is 1. The van der Waals surface area contributed by atoms with Gasteiger partial charge in [-0.1, -0.05) is 26.0 Å². The van der Waals surface area contributed by atoms with Gasteiger partial charge in [0.15, 0.2) is 0 Å². The van der Waals surface area contributed by atoms with Gasteiger partial charge in [-0.05, 0) is 49.8 Å². The van der Waals surface area contributed by atoms with E-state index in [0.29, 0.717) is 51.6 Å². The Hall–Kier alpha value is -2.08. The third-order valence-electron chi connectivity index (χ3n) is 4.95. The average molecular weight is 376 g/mol. The maximum Gasteiger partial charge on any atom is 0.321 e. The van der Waals surface area contributed by atoms with Gasteiger partial charge in [-0.25, -0.2) is 4.79 Å². The van der Waals surface area contributed by atoms with E-state index < -0.39 is 0 Å². The molecule has 0 aromatic heterocycles. The van der Waals surface area contributed by atoms with Crippen molar-refractivity contribution in [2.24, 2.45) is 5.92 Å². The summed E-state index contributed by atoms with van der Waals surface area (Å²) in [5.41, 5.74) is 2.06. The highest BCUT2D eigenvalue weighted by atomic mass is 16.5. The number of carbonyl (C=O) groups is 2. The van der Waals surface area contributed by atoms with Crippen LogP contribution in [0.25, 0.3) is 0 Å². The first-order valence-corrected chi connectivity index (χ1v) is 10.0. The molecule has 27 heavy (non-hydrogen) atoms. The molecule has 0 atom stereocenters. The van der Waals surface area contributed by atoms with E-state index in [9.17, 15) is 9.59 Å². The smallest absolute Gasteiger partial charge is 0.321 e. The Morgan fingerprint density at radius 1 is 1.19 bits per heavy atom. The van der Waals surface area contributed by atoms with Gasteiger partial charge < -0.3 is 20.3 Å². The van der Waals surface area contributed by atoms with E-state index in [1.807, 2.05) is 31.2 Å². The maximum absolute atomic E-state index is 12.4. The number of nitrogens with zero attached hydrogens (tertiary/aromatic N) is 1. The molecule has 3 amide bonds. The highest BCUT2D eigenvalue weighted by molar-refractivity contribution is 5.89. The number of piperidine rings is 1. The van der Waals surface area contributed by atoms with Crippen LogP contribution in [0.5, 0.6) is 0 Å². The van der Waals surface area contributed by atoms with Crippen LogP contribution in [-0.2, 0) is 9.53 Å². The average Bonchev–Trinajstić information content (AvgIpc) is 2.68. The summed E-state index contributed by atoms with van der Waals surface area (Å²) in [7, 11) is 0. The fourth-order valence-corrected chi connectivity index (χ4v) is 3.17. The predicted molar refractivity (Wildman–Crippen MR) is 108 cm³/mol. The summed E-state index contributed by atoms with van der Waals surface area (Å²) in [4.78, 5) is 26.4. The van der Waals surface area contributed by atoms with E-state index in [2.05, 4.69) is 24.5 Å². The van der Waals surface area contributed by atoms with Crippen molar-refractivity contribution in [3.63, 3.8) is 0 Å². The molecule has 0 bridgehead atoms. The molecule has 0 radical (unpaired) electrons. The SMILES string of the molecule is CCOCCCNC(=O)C1CCN(C(=O)Nc2ccc(C(C)C)cc2)CC1. The predicted octanol–water partition coefficient (Wildman–Crippen LogP) is 3.60. The number of carbonyl (C=O) groups excluding carboxylic acids is 2. The fourth-order valence-electron chi connectivity index (χ4n) is 3.17. The van der Waals surface area contributed by atoms with Gasteiger partial charge in [0.25, 0.3) is 0 Å². The first kappa shape index (κ1) is 21.2. The molecule has 2 rings (SSSR count). The minimum atomic E-state index is -0.0946. The molecular weight excluding hydrogens is 342 g/mol. The largest absolute Gasteiger partial charge is 0.382 e. The Bertz CT molecular complexity index is 593. The van der Waals surface area contributed by atoms with E-state index in [1.165, 1.54) is 5.56 Å². The topological polar surface area (TPSA) is 70.7 Å². The number of nitrogens with one attached hydrogen (secondary N) is 2. The Labute approximate surface area is 162 Å². The molecule has 1 fully saturated rings. The van der Waals surface area contributed by atoms with Gasteiger partial charge in [-0.3, -0.25) is 4.79 Å². The fraction of sp³-hybridized carbons (Fsp3) is 0.619. The van der Waals surface area contributed by atoms with Crippen molar-refractivity contribution < 1.29 is 14.3 Å². The zero-order valence-corrected chi connectivity index (χ0v) is 16.8. The van der Waals surface area contributed by atoms with Crippen LogP contribution in [0.15, 0.2) is 24.3 Å². The first-order valence-electron chi connectivity index (χ1n) is 10.0. The number of rotatable bonds is 8. The second-order valence-electron chi connectivity index (χ2n) is 7.31. The van der Waals surface area contributed by atoms with Crippen LogP contribution in [0.3, 0.4) is 0 Å². The van der Waals surface area contributed by atoms with Crippen LogP contribution in [0.1, 0.15) is 51.5 Å². The number of hydrogen-bond donors (Lipinski definition) is 2. The van der Waals surface area contributed by atoms with E-state index in [1.54, 1.807) is 4.90 Å². The molecule has 1 saturated heterocycles. The van der Waals surface area contributed by atoms with Gasteiger partial charge in [-0.15, -0.1) is 0 Å². The summed E-state index contributed by atoms with van der Waals surface area (Å²) < 4.78 is 5.27. The van der Waals surface area contributed by atoms with Crippen LogP contribution in [-0.4, -0.2) is 49.7 Å². The summed E-state index contributed by atoms with van der Waals surface area (Å²) >= 11 is 0. The molecular formula is C21H33N3O3. The van der Waals surface area contributed by atoms with Crippen molar-refractivity contribution in [2.45, 2.75) is 46.0 Å². The molecule has 1 aliphatic heterocycles. The Balaban J connectivity index is 1.71. The molecule has 2 N–H and O–H groups in total.